The van der Waals surface area contributed by atoms with Crippen molar-refractivity contribution in [2.24, 2.45) is 5.10 Å². The molecule has 1 aromatic heterocycles. The van der Waals surface area contributed by atoms with E-state index in [4.69, 9.17) is 4.74 Å². The summed E-state index contributed by atoms with van der Waals surface area (Å²) in [5.41, 5.74) is 4.68. The molecular weight excluding hydrogens is 558 g/mol. The molecule has 0 aliphatic carbocycles. The first-order chi connectivity index (χ1) is 17.6. The number of hydrogen-bond acceptors (Lipinski definition) is 7. The fourth-order valence-corrected chi connectivity index (χ4v) is 5.83. The largest absolute Gasteiger partial charge is 0.422 e. The highest BCUT2D eigenvalue weighted by Gasteiger charge is 2.14. The third-order valence-corrected chi connectivity index (χ3v) is 7.97. The van der Waals surface area contributed by atoms with E-state index in [1.807, 2.05) is 60.7 Å². The lowest BCUT2D eigenvalue weighted by Crippen LogP contribution is -2.19. The molecule has 0 fully saturated rings. The van der Waals surface area contributed by atoms with E-state index in [1.54, 1.807) is 35.6 Å². The summed E-state index contributed by atoms with van der Waals surface area (Å²) in [5.74, 6) is -0.0624. The van der Waals surface area contributed by atoms with Gasteiger partial charge in [-0.2, -0.15) is 5.10 Å². The Bertz CT molecular complexity index is 1580. The SMILES string of the molecule is O=C(CSc1nc2ccccc2s1)N/N=C\c1ccc(OC(=O)c2cccc3ccccc23)c(Br)c1. The van der Waals surface area contributed by atoms with Crippen LogP contribution >= 0.6 is 39.0 Å². The van der Waals surface area contributed by atoms with Crippen LogP contribution in [-0.4, -0.2) is 28.8 Å². The molecule has 0 saturated carbocycles. The van der Waals surface area contributed by atoms with Crippen LogP contribution in [0.15, 0.2) is 98.8 Å². The molecule has 0 aliphatic heterocycles. The number of halogens is 1. The van der Waals surface area contributed by atoms with E-state index in [-0.39, 0.29) is 11.7 Å². The fraction of sp³-hybridized carbons (Fsp3) is 0.0370. The average molecular weight is 576 g/mol. The van der Waals surface area contributed by atoms with Crippen molar-refractivity contribution in [2.75, 3.05) is 5.75 Å². The number of fused-ring (bicyclic) bond motifs is 2. The Balaban J connectivity index is 1.17. The van der Waals surface area contributed by atoms with Crippen LogP contribution in [0.3, 0.4) is 0 Å². The zero-order valence-electron chi connectivity index (χ0n) is 18.7. The second-order valence-corrected chi connectivity index (χ2v) is 10.7. The standard InChI is InChI=1S/C27H18BrN3O3S2/c28-21-14-17(15-29-31-25(32)16-35-27-30-22-10-3-4-11-24(22)36-27)12-13-23(21)34-26(33)20-9-5-7-18-6-1-2-8-19(18)20/h1-15H,16H2,(H,31,32)/b29-15-. The highest BCUT2D eigenvalue weighted by Crippen LogP contribution is 2.29. The number of para-hydroxylation sites is 1. The minimum Gasteiger partial charge on any atom is -0.422 e. The van der Waals surface area contributed by atoms with Crippen molar-refractivity contribution >= 4 is 78.1 Å². The molecule has 0 aliphatic rings. The van der Waals surface area contributed by atoms with E-state index in [9.17, 15) is 9.59 Å². The number of hydrogen-bond donors (Lipinski definition) is 1. The number of hydrazone groups is 1. The van der Waals surface area contributed by atoms with Gasteiger partial charge in [0.25, 0.3) is 5.91 Å². The van der Waals surface area contributed by atoms with E-state index in [0.29, 0.717) is 15.8 Å². The first-order valence-corrected chi connectivity index (χ1v) is 13.5. The number of nitrogens with zero attached hydrogens (tertiary/aromatic N) is 2. The summed E-state index contributed by atoms with van der Waals surface area (Å²) in [5, 5.41) is 5.83. The summed E-state index contributed by atoms with van der Waals surface area (Å²) in [4.78, 5) is 29.5. The smallest absolute Gasteiger partial charge is 0.344 e. The van der Waals surface area contributed by atoms with Gasteiger partial charge in [0.15, 0.2) is 4.34 Å². The molecule has 1 amide bonds. The summed E-state index contributed by atoms with van der Waals surface area (Å²) in [6, 6.07) is 26.3. The summed E-state index contributed by atoms with van der Waals surface area (Å²) in [6.45, 7) is 0. The molecule has 0 radical (unpaired) electrons. The number of esters is 1. The van der Waals surface area contributed by atoms with Crippen LogP contribution in [0.5, 0.6) is 5.75 Å². The Labute approximate surface area is 223 Å². The lowest BCUT2D eigenvalue weighted by molar-refractivity contribution is -0.118. The monoisotopic (exact) mass is 575 g/mol. The molecule has 4 aromatic carbocycles. The summed E-state index contributed by atoms with van der Waals surface area (Å²) in [7, 11) is 0. The first kappa shape index (κ1) is 24.2. The number of nitrogens with one attached hydrogen (secondary N) is 1. The Kier molecular flexibility index (Phi) is 7.41. The topological polar surface area (TPSA) is 80.7 Å². The molecule has 0 saturated heterocycles. The van der Waals surface area contributed by atoms with Crippen LogP contribution in [0, 0.1) is 0 Å². The predicted octanol–water partition coefficient (Wildman–Crippen LogP) is 6.67. The molecule has 0 atom stereocenters. The number of rotatable bonds is 7. The number of thiazole rings is 1. The molecule has 0 spiro atoms. The zero-order chi connectivity index (χ0) is 24.9. The molecule has 178 valence electrons. The van der Waals surface area contributed by atoms with Crippen molar-refractivity contribution in [3.63, 3.8) is 0 Å². The van der Waals surface area contributed by atoms with Gasteiger partial charge in [-0.1, -0.05) is 60.3 Å². The summed E-state index contributed by atoms with van der Waals surface area (Å²) < 4.78 is 8.15. The highest BCUT2D eigenvalue weighted by atomic mass is 79.9. The molecule has 5 aromatic rings. The highest BCUT2D eigenvalue weighted by molar-refractivity contribution is 9.10. The van der Waals surface area contributed by atoms with E-state index in [0.717, 1.165) is 30.9 Å². The zero-order valence-corrected chi connectivity index (χ0v) is 21.9. The molecule has 9 heteroatoms. The van der Waals surface area contributed by atoms with Crippen molar-refractivity contribution in [3.8, 4) is 5.75 Å². The number of ether oxygens (including phenoxy) is 1. The Hall–Kier alpha value is -3.53. The van der Waals surface area contributed by atoms with E-state index < -0.39 is 5.97 Å². The number of carbonyl (C=O) groups excluding carboxylic acids is 2. The molecule has 5 rings (SSSR count). The second kappa shape index (κ2) is 11.0. The van der Waals surface area contributed by atoms with E-state index >= 15 is 0 Å². The van der Waals surface area contributed by atoms with Crippen LogP contribution in [0.1, 0.15) is 15.9 Å². The van der Waals surface area contributed by atoms with Gasteiger partial charge in [0.1, 0.15) is 5.75 Å². The molecular formula is C27H18BrN3O3S2. The van der Waals surface area contributed by atoms with Gasteiger partial charge in [-0.3, -0.25) is 4.79 Å². The van der Waals surface area contributed by atoms with Crippen LogP contribution in [-0.2, 0) is 4.79 Å². The molecule has 36 heavy (non-hydrogen) atoms. The summed E-state index contributed by atoms with van der Waals surface area (Å²) >= 11 is 6.38. The first-order valence-electron chi connectivity index (χ1n) is 10.9. The molecule has 1 N–H and O–H groups in total. The number of carbonyl (C=O) groups is 2. The van der Waals surface area contributed by atoms with Gasteiger partial charge in [-0.25, -0.2) is 15.2 Å². The quantitative estimate of drug-likeness (QED) is 0.0770. The number of benzene rings is 4. The number of amides is 1. The molecule has 0 bridgehead atoms. The molecule has 0 unspecified atom stereocenters. The maximum Gasteiger partial charge on any atom is 0.344 e. The lowest BCUT2D eigenvalue weighted by Gasteiger charge is -2.09. The summed E-state index contributed by atoms with van der Waals surface area (Å²) in [6.07, 6.45) is 1.53. The van der Waals surface area contributed by atoms with Gasteiger partial charge in [0.05, 0.1) is 32.2 Å². The van der Waals surface area contributed by atoms with Gasteiger partial charge in [-0.05, 0) is 68.7 Å². The van der Waals surface area contributed by atoms with Crippen LogP contribution < -0.4 is 10.2 Å². The maximum absolute atomic E-state index is 12.8. The van der Waals surface area contributed by atoms with Gasteiger partial charge in [0, 0.05) is 0 Å². The number of aromatic nitrogens is 1. The van der Waals surface area contributed by atoms with Crippen molar-refractivity contribution in [2.45, 2.75) is 4.34 Å². The van der Waals surface area contributed by atoms with Crippen LogP contribution in [0.4, 0.5) is 0 Å². The lowest BCUT2D eigenvalue weighted by atomic mass is 10.0. The third-order valence-electron chi connectivity index (χ3n) is 5.17. The molecule has 6 nitrogen and oxygen atoms in total. The third kappa shape index (κ3) is 5.64. The Morgan fingerprint density at radius 3 is 2.69 bits per heavy atom. The Morgan fingerprint density at radius 2 is 1.83 bits per heavy atom. The average Bonchev–Trinajstić information content (AvgIpc) is 3.32. The predicted molar refractivity (Wildman–Crippen MR) is 149 cm³/mol. The number of thioether (sulfide) groups is 1. The Morgan fingerprint density at radius 1 is 1.03 bits per heavy atom. The van der Waals surface area contributed by atoms with Crippen molar-refractivity contribution in [1.29, 1.82) is 0 Å². The minimum atomic E-state index is -0.438. The second-order valence-electron chi connectivity index (χ2n) is 7.64. The van der Waals surface area contributed by atoms with Crippen molar-refractivity contribution < 1.29 is 14.3 Å². The maximum atomic E-state index is 12.8. The molecule has 1 heterocycles. The van der Waals surface area contributed by atoms with Gasteiger partial charge < -0.3 is 4.74 Å². The van der Waals surface area contributed by atoms with E-state index in [2.05, 4.69) is 31.4 Å². The van der Waals surface area contributed by atoms with Crippen molar-refractivity contribution in [1.82, 2.24) is 10.4 Å². The van der Waals surface area contributed by atoms with Crippen LogP contribution in [0.25, 0.3) is 21.0 Å². The minimum absolute atomic E-state index is 0.212. The van der Waals surface area contributed by atoms with Gasteiger partial charge >= 0.3 is 5.97 Å². The van der Waals surface area contributed by atoms with Gasteiger partial charge in [0.2, 0.25) is 0 Å². The van der Waals surface area contributed by atoms with Crippen molar-refractivity contribution in [3.05, 3.63) is 101 Å². The van der Waals surface area contributed by atoms with E-state index in [1.165, 1.54) is 18.0 Å². The van der Waals surface area contributed by atoms with Gasteiger partial charge in [-0.15, -0.1) is 11.3 Å². The normalized spacial score (nSPS) is 11.2. The van der Waals surface area contributed by atoms with Crippen LogP contribution in [0.2, 0.25) is 0 Å². The fourth-order valence-electron chi connectivity index (χ4n) is 3.49.